The molecule has 158 valence electrons. The maximum absolute atomic E-state index is 14.3. The largest absolute Gasteiger partial charge is 0.484 e. The van der Waals surface area contributed by atoms with Gasteiger partial charge in [-0.3, -0.25) is 9.78 Å². The molecule has 2 aromatic carbocycles. The van der Waals surface area contributed by atoms with E-state index in [0.717, 1.165) is 0 Å². The first-order chi connectivity index (χ1) is 15.0. The molecule has 1 aliphatic rings. The fraction of sp³-hybridized carbons (Fsp3) is 0.227. The maximum atomic E-state index is 14.3. The molecule has 1 aromatic heterocycles. The van der Waals surface area contributed by atoms with E-state index in [1.807, 2.05) is 4.90 Å². The van der Waals surface area contributed by atoms with Crippen LogP contribution in [-0.4, -0.2) is 48.6 Å². The lowest BCUT2D eigenvalue weighted by Crippen LogP contribution is -2.50. The van der Waals surface area contributed by atoms with Gasteiger partial charge in [-0.25, -0.2) is 8.78 Å². The highest BCUT2D eigenvalue weighted by atomic mass is 35.5. The number of nitrogens with zero attached hydrogens (tertiary/aromatic N) is 4. The summed E-state index contributed by atoms with van der Waals surface area (Å²) >= 11 is 6.32. The van der Waals surface area contributed by atoms with E-state index in [9.17, 15) is 18.8 Å². The number of anilines is 1. The summed E-state index contributed by atoms with van der Waals surface area (Å²) in [5.74, 6) is -0.688. The molecule has 2 heterocycles. The number of benzene rings is 2. The number of fused-ring (bicyclic) bond motifs is 1. The lowest BCUT2D eigenvalue weighted by molar-refractivity contribution is -0.133. The summed E-state index contributed by atoms with van der Waals surface area (Å²) in [5, 5.41) is 10.2. The molecule has 0 saturated carbocycles. The van der Waals surface area contributed by atoms with Gasteiger partial charge in [-0.05, 0) is 36.4 Å². The predicted molar refractivity (Wildman–Crippen MR) is 112 cm³/mol. The number of halogens is 3. The third-order valence-electron chi connectivity index (χ3n) is 5.14. The molecule has 0 unspecified atom stereocenters. The van der Waals surface area contributed by atoms with Crippen molar-refractivity contribution in [3.05, 3.63) is 64.8 Å². The van der Waals surface area contributed by atoms with Crippen molar-refractivity contribution in [2.75, 3.05) is 37.7 Å². The minimum Gasteiger partial charge on any atom is -0.484 e. The van der Waals surface area contributed by atoms with Gasteiger partial charge in [0.2, 0.25) is 0 Å². The molecule has 3 aromatic rings. The molecule has 0 N–H and O–H groups in total. The Morgan fingerprint density at radius 2 is 1.84 bits per heavy atom. The van der Waals surface area contributed by atoms with Gasteiger partial charge in [-0.2, -0.15) is 5.26 Å². The minimum atomic E-state index is -0.517. The summed E-state index contributed by atoms with van der Waals surface area (Å²) in [5.41, 5.74) is 0.916. The standard InChI is InChI=1S/C22H17ClF2N4O2/c23-17-5-6-18(25)21-20(17)22(14(11-26)12-27-21)29-9-7-28(8-10-29)19(30)13-31-16-3-1-15(24)2-4-16/h1-6,12H,7-10,13H2. The fourth-order valence-electron chi connectivity index (χ4n) is 3.57. The first-order valence-corrected chi connectivity index (χ1v) is 9.93. The number of aromatic nitrogens is 1. The summed E-state index contributed by atoms with van der Waals surface area (Å²) in [6.07, 6.45) is 1.34. The number of carbonyl (C=O) groups is 1. The van der Waals surface area contributed by atoms with E-state index in [1.165, 1.54) is 42.6 Å². The van der Waals surface area contributed by atoms with Gasteiger partial charge < -0.3 is 14.5 Å². The number of rotatable bonds is 4. The molecule has 1 amide bonds. The summed E-state index contributed by atoms with van der Waals surface area (Å²) in [7, 11) is 0. The highest BCUT2D eigenvalue weighted by Gasteiger charge is 2.26. The Balaban J connectivity index is 1.48. The van der Waals surface area contributed by atoms with Crippen molar-refractivity contribution in [1.82, 2.24) is 9.88 Å². The zero-order chi connectivity index (χ0) is 22.0. The molecular weight excluding hydrogens is 426 g/mol. The fourth-order valence-corrected chi connectivity index (χ4v) is 3.82. The first kappa shape index (κ1) is 20.8. The molecule has 1 fully saturated rings. The van der Waals surface area contributed by atoms with Crippen LogP contribution in [0.1, 0.15) is 5.56 Å². The molecule has 0 aliphatic carbocycles. The van der Waals surface area contributed by atoms with Crippen molar-refractivity contribution < 1.29 is 18.3 Å². The van der Waals surface area contributed by atoms with Crippen molar-refractivity contribution in [3.63, 3.8) is 0 Å². The average molecular weight is 443 g/mol. The monoisotopic (exact) mass is 442 g/mol. The number of piperazine rings is 1. The topological polar surface area (TPSA) is 69.5 Å². The SMILES string of the molecule is N#Cc1cnc2c(F)ccc(Cl)c2c1N1CCN(C(=O)COc2ccc(F)cc2)CC1. The lowest BCUT2D eigenvalue weighted by atomic mass is 10.1. The van der Waals surface area contributed by atoms with Gasteiger partial charge in [0.05, 0.1) is 16.3 Å². The van der Waals surface area contributed by atoms with Gasteiger partial charge in [0.1, 0.15) is 29.0 Å². The number of ether oxygens (including phenoxy) is 1. The molecule has 0 bridgehead atoms. The van der Waals surface area contributed by atoms with Crippen LogP contribution in [0.15, 0.2) is 42.6 Å². The number of amides is 1. The minimum absolute atomic E-state index is 0.104. The summed E-state index contributed by atoms with van der Waals surface area (Å²) in [6, 6.07) is 10.2. The van der Waals surface area contributed by atoms with Crippen LogP contribution in [0.2, 0.25) is 5.02 Å². The second-order valence-corrected chi connectivity index (χ2v) is 7.40. The Morgan fingerprint density at radius 3 is 2.52 bits per heavy atom. The number of hydrogen-bond donors (Lipinski definition) is 0. The van der Waals surface area contributed by atoms with Gasteiger partial charge >= 0.3 is 0 Å². The average Bonchev–Trinajstić information content (AvgIpc) is 2.80. The number of hydrogen-bond acceptors (Lipinski definition) is 5. The van der Waals surface area contributed by atoms with Gasteiger partial charge in [-0.15, -0.1) is 0 Å². The molecular formula is C22H17ClF2N4O2. The van der Waals surface area contributed by atoms with Crippen molar-refractivity contribution in [2.45, 2.75) is 0 Å². The van der Waals surface area contributed by atoms with Gasteiger partial charge in [0, 0.05) is 37.8 Å². The van der Waals surface area contributed by atoms with E-state index in [2.05, 4.69) is 11.1 Å². The summed E-state index contributed by atoms with van der Waals surface area (Å²) < 4.78 is 32.6. The van der Waals surface area contributed by atoms with Crippen LogP contribution in [-0.2, 0) is 4.79 Å². The lowest BCUT2D eigenvalue weighted by Gasteiger charge is -2.37. The Bertz CT molecular complexity index is 1170. The zero-order valence-electron chi connectivity index (χ0n) is 16.3. The van der Waals surface area contributed by atoms with E-state index in [1.54, 1.807) is 4.90 Å². The van der Waals surface area contributed by atoms with Crippen molar-refractivity contribution in [3.8, 4) is 11.8 Å². The number of nitriles is 1. The summed E-state index contributed by atoms with van der Waals surface area (Å²) in [4.78, 5) is 20.1. The highest BCUT2D eigenvalue weighted by molar-refractivity contribution is 6.36. The van der Waals surface area contributed by atoms with E-state index < -0.39 is 5.82 Å². The van der Waals surface area contributed by atoms with Crippen molar-refractivity contribution in [1.29, 1.82) is 5.26 Å². The van der Waals surface area contributed by atoms with Gasteiger partial charge in [0.15, 0.2) is 6.61 Å². The Morgan fingerprint density at radius 1 is 1.13 bits per heavy atom. The highest BCUT2D eigenvalue weighted by Crippen LogP contribution is 2.36. The molecule has 6 nitrogen and oxygen atoms in total. The number of pyridine rings is 1. The Labute approximate surface area is 182 Å². The smallest absolute Gasteiger partial charge is 0.260 e. The first-order valence-electron chi connectivity index (χ1n) is 9.56. The quantitative estimate of drug-likeness (QED) is 0.615. The molecule has 0 radical (unpaired) electrons. The van der Waals surface area contributed by atoms with Crippen LogP contribution in [0.3, 0.4) is 0 Å². The van der Waals surface area contributed by atoms with Gasteiger partial charge in [-0.1, -0.05) is 11.6 Å². The van der Waals surface area contributed by atoms with Crippen LogP contribution >= 0.6 is 11.6 Å². The van der Waals surface area contributed by atoms with Gasteiger partial charge in [0.25, 0.3) is 5.91 Å². The van der Waals surface area contributed by atoms with Crippen molar-refractivity contribution >= 4 is 34.1 Å². The normalized spacial score (nSPS) is 13.9. The van der Waals surface area contributed by atoms with E-state index >= 15 is 0 Å². The molecule has 1 saturated heterocycles. The van der Waals surface area contributed by atoms with Crippen LogP contribution in [0, 0.1) is 23.0 Å². The van der Waals surface area contributed by atoms with E-state index in [4.69, 9.17) is 16.3 Å². The van der Waals surface area contributed by atoms with Crippen LogP contribution < -0.4 is 9.64 Å². The summed E-state index contributed by atoms with van der Waals surface area (Å²) in [6.45, 7) is 1.50. The van der Waals surface area contributed by atoms with E-state index in [0.29, 0.717) is 53.6 Å². The van der Waals surface area contributed by atoms with Crippen LogP contribution in [0.4, 0.5) is 14.5 Å². The van der Waals surface area contributed by atoms with Crippen molar-refractivity contribution in [2.24, 2.45) is 0 Å². The molecule has 31 heavy (non-hydrogen) atoms. The third-order valence-corrected chi connectivity index (χ3v) is 5.45. The molecule has 0 spiro atoms. The third kappa shape index (κ3) is 4.23. The van der Waals surface area contributed by atoms with Crippen LogP contribution in [0.5, 0.6) is 5.75 Å². The Hall–Kier alpha value is -3.44. The Kier molecular flexibility index (Phi) is 5.87. The molecule has 0 atom stereocenters. The molecule has 1 aliphatic heterocycles. The second kappa shape index (κ2) is 8.74. The number of carbonyl (C=O) groups excluding carboxylic acids is 1. The van der Waals surface area contributed by atoms with Crippen LogP contribution in [0.25, 0.3) is 10.9 Å². The maximum Gasteiger partial charge on any atom is 0.260 e. The predicted octanol–water partition coefficient (Wildman–Crippen LogP) is 3.77. The van der Waals surface area contributed by atoms with E-state index in [-0.39, 0.29) is 23.8 Å². The molecule has 9 heteroatoms. The second-order valence-electron chi connectivity index (χ2n) is 7.00. The zero-order valence-corrected chi connectivity index (χ0v) is 17.1. The molecule has 4 rings (SSSR count).